The Bertz CT molecular complexity index is 1080. The Labute approximate surface area is 167 Å². The molecule has 3 rings (SSSR count). The van der Waals surface area contributed by atoms with E-state index in [2.05, 4.69) is 4.72 Å². The van der Waals surface area contributed by atoms with E-state index in [1.165, 1.54) is 0 Å². The van der Waals surface area contributed by atoms with Crippen LogP contribution in [0.2, 0.25) is 0 Å². The Hall–Kier alpha value is -2.63. The van der Waals surface area contributed by atoms with E-state index in [4.69, 9.17) is 4.74 Å². The van der Waals surface area contributed by atoms with E-state index in [1.54, 1.807) is 26.2 Å². The average molecular weight is 396 g/mol. The van der Waals surface area contributed by atoms with Crippen molar-refractivity contribution in [3.8, 4) is 5.75 Å². The number of aryl methyl sites for hydroxylation is 1. The van der Waals surface area contributed by atoms with Crippen LogP contribution in [0, 0.1) is 20.8 Å². The van der Waals surface area contributed by atoms with Crippen LogP contribution >= 0.6 is 0 Å². The predicted octanol–water partition coefficient (Wildman–Crippen LogP) is 4.69. The Kier molecular flexibility index (Phi) is 5.87. The molecule has 0 saturated carbocycles. The summed E-state index contributed by atoms with van der Waals surface area (Å²) in [6, 6.07) is 20.3. The maximum atomic E-state index is 13.3. The van der Waals surface area contributed by atoms with E-state index in [-0.39, 0.29) is 4.90 Å². The summed E-state index contributed by atoms with van der Waals surface area (Å²) in [5, 5.41) is 0. The van der Waals surface area contributed by atoms with E-state index in [0.29, 0.717) is 11.3 Å². The predicted molar refractivity (Wildman–Crippen MR) is 112 cm³/mol. The second-order valence-electron chi connectivity index (χ2n) is 6.84. The van der Waals surface area contributed by atoms with Crippen LogP contribution in [0.25, 0.3) is 0 Å². The second kappa shape index (κ2) is 8.17. The van der Waals surface area contributed by atoms with E-state index < -0.39 is 16.1 Å². The fraction of sp³-hybridized carbons (Fsp3) is 0.217. The molecule has 0 aliphatic heterocycles. The average Bonchev–Trinajstić information content (AvgIpc) is 2.69. The van der Waals surface area contributed by atoms with E-state index in [1.807, 2.05) is 68.4 Å². The summed E-state index contributed by atoms with van der Waals surface area (Å²) in [7, 11) is -2.18. The van der Waals surface area contributed by atoms with Crippen LogP contribution in [-0.2, 0) is 10.0 Å². The van der Waals surface area contributed by atoms with Crippen LogP contribution in [-0.4, -0.2) is 15.5 Å². The summed E-state index contributed by atoms with van der Waals surface area (Å²) in [6.07, 6.45) is 0. The van der Waals surface area contributed by atoms with Crippen LogP contribution in [0.3, 0.4) is 0 Å². The van der Waals surface area contributed by atoms with Crippen molar-refractivity contribution >= 4 is 10.0 Å². The molecule has 0 aromatic heterocycles. The van der Waals surface area contributed by atoms with Gasteiger partial charge in [0.15, 0.2) is 0 Å². The smallest absolute Gasteiger partial charge is 0.241 e. The molecular formula is C23H25NO3S. The number of ether oxygens (including phenoxy) is 1. The van der Waals surface area contributed by atoms with Gasteiger partial charge in [0, 0.05) is 0 Å². The highest BCUT2D eigenvalue weighted by atomic mass is 32.2. The van der Waals surface area contributed by atoms with Gasteiger partial charge in [0.25, 0.3) is 0 Å². The second-order valence-corrected chi connectivity index (χ2v) is 8.52. The summed E-state index contributed by atoms with van der Waals surface area (Å²) in [6.45, 7) is 5.66. The van der Waals surface area contributed by atoms with Crippen molar-refractivity contribution in [2.45, 2.75) is 31.7 Å². The molecule has 0 radical (unpaired) electrons. The number of benzene rings is 3. The summed E-state index contributed by atoms with van der Waals surface area (Å²) < 4.78 is 34.9. The minimum absolute atomic E-state index is 0.264. The third kappa shape index (κ3) is 3.96. The van der Waals surface area contributed by atoms with Crippen molar-refractivity contribution in [3.05, 3.63) is 94.5 Å². The van der Waals surface area contributed by atoms with Gasteiger partial charge in [0.2, 0.25) is 10.0 Å². The largest absolute Gasteiger partial charge is 0.496 e. The van der Waals surface area contributed by atoms with Gasteiger partial charge in [-0.05, 0) is 60.7 Å². The van der Waals surface area contributed by atoms with Gasteiger partial charge in [0.05, 0.1) is 18.0 Å². The summed E-state index contributed by atoms with van der Waals surface area (Å²) in [5.41, 5.74) is 4.35. The zero-order valence-corrected chi connectivity index (χ0v) is 17.4. The van der Waals surface area contributed by atoms with Crippen molar-refractivity contribution < 1.29 is 13.2 Å². The first-order chi connectivity index (χ1) is 13.3. The number of hydrogen-bond donors (Lipinski definition) is 1. The molecule has 0 fully saturated rings. The van der Waals surface area contributed by atoms with Crippen molar-refractivity contribution in [2.24, 2.45) is 0 Å². The van der Waals surface area contributed by atoms with Crippen molar-refractivity contribution in [3.63, 3.8) is 0 Å². The molecule has 0 bridgehead atoms. The lowest BCUT2D eigenvalue weighted by molar-refractivity contribution is 0.410. The molecule has 0 unspecified atom stereocenters. The Morgan fingerprint density at radius 1 is 0.821 bits per heavy atom. The quantitative estimate of drug-likeness (QED) is 0.659. The van der Waals surface area contributed by atoms with Gasteiger partial charge in [-0.1, -0.05) is 54.6 Å². The van der Waals surface area contributed by atoms with Crippen LogP contribution in [0.5, 0.6) is 5.75 Å². The molecule has 0 aliphatic carbocycles. The van der Waals surface area contributed by atoms with Crippen molar-refractivity contribution in [1.82, 2.24) is 4.72 Å². The molecule has 3 aromatic carbocycles. The molecule has 3 aromatic rings. The van der Waals surface area contributed by atoms with Gasteiger partial charge in [-0.2, -0.15) is 4.72 Å². The minimum Gasteiger partial charge on any atom is -0.496 e. The van der Waals surface area contributed by atoms with Gasteiger partial charge in [-0.3, -0.25) is 0 Å². The van der Waals surface area contributed by atoms with Crippen molar-refractivity contribution in [1.29, 1.82) is 0 Å². The maximum Gasteiger partial charge on any atom is 0.241 e. The highest BCUT2D eigenvalue weighted by Gasteiger charge is 2.26. The molecule has 0 heterocycles. The van der Waals surface area contributed by atoms with Gasteiger partial charge in [-0.25, -0.2) is 8.42 Å². The molecule has 0 spiro atoms. The fourth-order valence-corrected chi connectivity index (χ4v) is 4.87. The zero-order chi connectivity index (χ0) is 20.3. The van der Waals surface area contributed by atoms with Crippen molar-refractivity contribution in [2.75, 3.05) is 7.11 Å². The first-order valence-corrected chi connectivity index (χ1v) is 10.6. The standard InChI is InChI=1S/C23H25NO3S/c1-16-10-8-9-13-20(16)23(19-11-6-5-7-12-19)24-28(25,26)22-15-14-21(27-4)17(2)18(22)3/h5-15,23-24H,1-4H3/t23-/m0/s1. The van der Waals surface area contributed by atoms with E-state index >= 15 is 0 Å². The summed E-state index contributed by atoms with van der Waals surface area (Å²) in [4.78, 5) is 0.264. The van der Waals surface area contributed by atoms with Gasteiger partial charge in [0.1, 0.15) is 5.75 Å². The Morgan fingerprint density at radius 3 is 2.11 bits per heavy atom. The monoisotopic (exact) mass is 395 g/mol. The van der Waals surface area contributed by atoms with Gasteiger partial charge >= 0.3 is 0 Å². The first-order valence-electron chi connectivity index (χ1n) is 9.12. The minimum atomic E-state index is -3.76. The number of rotatable bonds is 6. The lowest BCUT2D eigenvalue weighted by Crippen LogP contribution is -2.30. The molecule has 4 nitrogen and oxygen atoms in total. The topological polar surface area (TPSA) is 55.4 Å². The Balaban J connectivity index is 2.09. The highest BCUT2D eigenvalue weighted by molar-refractivity contribution is 7.89. The van der Waals surface area contributed by atoms with Crippen LogP contribution in [0.15, 0.2) is 71.6 Å². The SMILES string of the molecule is COc1ccc(S(=O)(=O)N[C@@H](c2ccccc2)c2ccccc2C)c(C)c1C. The zero-order valence-electron chi connectivity index (χ0n) is 16.6. The highest BCUT2D eigenvalue weighted by Crippen LogP contribution is 2.30. The lowest BCUT2D eigenvalue weighted by atomic mass is 9.96. The van der Waals surface area contributed by atoms with E-state index in [0.717, 1.165) is 22.3 Å². The Morgan fingerprint density at radius 2 is 1.46 bits per heavy atom. The van der Waals surface area contributed by atoms with Gasteiger partial charge < -0.3 is 4.74 Å². The number of methoxy groups -OCH3 is 1. The number of sulfonamides is 1. The summed E-state index contributed by atoms with van der Waals surface area (Å²) in [5.74, 6) is 0.676. The van der Waals surface area contributed by atoms with Crippen LogP contribution < -0.4 is 9.46 Å². The molecular weight excluding hydrogens is 370 g/mol. The summed E-state index contributed by atoms with van der Waals surface area (Å²) >= 11 is 0. The third-order valence-corrected chi connectivity index (χ3v) is 6.67. The molecule has 1 atom stereocenters. The number of nitrogens with one attached hydrogen (secondary N) is 1. The normalized spacial score (nSPS) is 12.6. The first kappa shape index (κ1) is 20.1. The molecule has 0 amide bonds. The number of hydrogen-bond acceptors (Lipinski definition) is 3. The fourth-order valence-electron chi connectivity index (χ4n) is 3.37. The lowest BCUT2D eigenvalue weighted by Gasteiger charge is -2.22. The molecule has 146 valence electrons. The third-order valence-electron chi connectivity index (χ3n) is 5.10. The molecule has 0 aliphatic rings. The molecule has 1 N–H and O–H groups in total. The molecule has 0 saturated heterocycles. The van der Waals surface area contributed by atoms with E-state index in [9.17, 15) is 8.42 Å². The van der Waals surface area contributed by atoms with Gasteiger partial charge in [-0.15, -0.1) is 0 Å². The van der Waals surface area contributed by atoms with Crippen LogP contribution in [0.1, 0.15) is 33.9 Å². The maximum absolute atomic E-state index is 13.3. The van der Waals surface area contributed by atoms with Crippen LogP contribution in [0.4, 0.5) is 0 Å². The molecule has 28 heavy (non-hydrogen) atoms. The molecule has 5 heteroatoms.